The Labute approximate surface area is 123 Å². The molecule has 2 rings (SSSR count). The van der Waals surface area contributed by atoms with Crippen molar-refractivity contribution in [1.82, 2.24) is 0 Å². The lowest BCUT2D eigenvalue weighted by Gasteiger charge is -2.11. The number of para-hydroxylation sites is 1. The van der Waals surface area contributed by atoms with E-state index in [2.05, 4.69) is 5.32 Å². The van der Waals surface area contributed by atoms with Crippen molar-refractivity contribution in [3.05, 3.63) is 28.8 Å². The normalized spacial score (nSPS) is 19.4. The van der Waals surface area contributed by atoms with Crippen LogP contribution >= 0.6 is 11.6 Å². The number of carbonyl (C=O) groups is 2. The number of amides is 1. The van der Waals surface area contributed by atoms with E-state index in [-0.39, 0.29) is 38.9 Å². The maximum Gasteiger partial charge on any atom is 0.337 e. The summed E-state index contributed by atoms with van der Waals surface area (Å²) in [7, 11) is 0. The number of benzene rings is 1. The van der Waals surface area contributed by atoms with Gasteiger partial charge in [-0.3, -0.25) is 4.79 Å². The number of carboxylic acid groups (broad SMARTS) is 1. The van der Waals surface area contributed by atoms with Gasteiger partial charge in [-0.15, -0.1) is 0 Å². The zero-order valence-electron chi connectivity index (χ0n) is 12.0. The highest BCUT2D eigenvalue weighted by Gasteiger charge is 2.68. The number of aromatic carboxylic acids is 1. The predicted octanol–water partition coefficient (Wildman–Crippen LogP) is 3.66. The monoisotopic (exact) mass is 295 g/mol. The molecule has 2 N–H and O–H groups in total. The minimum Gasteiger partial charge on any atom is -0.478 e. The summed E-state index contributed by atoms with van der Waals surface area (Å²) in [5.74, 6) is -1.46. The van der Waals surface area contributed by atoms with Crippen LogP contribution in [0.25, 0.3) is 0 Å². The van der Waals surface area contributed by atoms with Gasteiger partial charge >= 0.3 is 5.97 Å². The molecule has 0 aliphatic heterocycles. The van der Waals surface area contributed by atoms with Crippen molar-refractivity contribution >= 4 is 29.2 Å². The van der Waals surface area contributed by atoms with E-state index in [1.165, 1.54) is 6.07 Å². The Bertz CT molecular complexity index is 579. The molecule has 0 spiro atoms. The van der Waals surface area contributed by atoms with Crippen LogP contribution in [0, 0.1) is 16.7 Å². The average molecular weight is 296 g/mol. The second-order valence-electron chi connectivity index (χ2n) is 6.33. The van der Waals surface area contributed by atoms with Crippen LogP contribution < -0.4 is 5.32 Å². The summed E-state index contributed by atoms with van der Waals surface area (Å²) < 4.78 is 0. The van der Waals surface area contributed by atoms with Crippen LogP contribution in [0.1, 0.15) is 38.1 Å². The average Bonchev–Trinajstić information content (AvgIpc) is 2.71. The van der Waals surface area contributed by atoms with Gasteiger partial charge in [0.25, 0.3) is 0 Å². The second-order valence-corrected chi connectivity index (χ2v) is 6.74. The molecule has 1 aromatic rings. The lowest BCUT2D eigenvalue weighted by molar-refractivity contribution is -0.118. The Morgan fingerprint density at radius 3 is 2.20 bits per heavy atom. The van der Waals surface area contributed by atoms with Crippen LogP contribution in [0.5, 0.6) is 0 Å². The Balaban J connectivity index is 2.29. The van der Waals surface area contributed by atoms with Gasteiger partial charge in [0.1, 0.15) is 0 Å². The molecule has 1 aliphatic carbocycles. The minimum atomic E-state index is -1.11. The molecule has 0 atom stereocenters. The maximum atomic E-state index is 12.4. The summed E-state index contributed by atoms with van der Waals surface area (Å²) >= 11 is 6.01. The fraction of sp³-hybridized carbons (Fsp3) is 0.467. The molecule has 0 saturated heterocycles. The topological polar surface area (TPSA) is 66.4 Å². The predicted molar refractivity (Wildman–Crippen MR) is 78.1 cm³/mol. The molecule has 1 fully saturated rings. The van der Waals surface area contributed by atoms with Gasteiger partial charge in [0.15, 0.2) is 0 Å². The fourth-order valence-corrected chi connectivity index (χ4v) is 3.10. The molecule has 0 heterocycles. The number of carboxylic acids is 1. The lowest BCUT2D eigenvalue weighted by atomic mass is 10.0. The summed E-state index contributed by atoms with van der Waals surface area (Å²) in [6, 6.07) is 4.53. The van der Waals surface area contributed by atoms with Gasteiger partial charge in [0, 0.05) is 5.92 Å². The van der Waals surface area contributed by atoms with Crippen molar-refractivity contribution in [2.45, 2.75) is 27.7 Å². The van der Waals surface area contributed by atoms with Crippen LogP contribution in [-0.2, 0) is 4.79 Å². The summed E-state index contributed by atoms with van der Waals surface area (Å²) in [6.45, 7) is 8.12. The van der Waals surface area contributed by atoms with Crippen LogP contribution in [0.15, 0.2) is 18.2 Å². The Morgan fingerprint density at radius 2 is 1.75 bits per heavy atom. The standard InChI is InChI=1S/C15H18ClNO3/c1-14(2)11(15(14,3)4)12(18)17-10-8(13(19)20)6-5-7-9(10)16/h5-7,11H,1-4H3,(H,17,18)(H,19,20). The number of rotatable bonds is 3. The molecule has 5 heteroatoms. The Kier molecular flexibility index (Phi) is 3.33. The van der Waals surface area contributed by atoms with Crippen LogP contribution in [0.3, 0.4) is 0 Å². The van der Waals surface area contributed by atoms with Gasteiger partial charge in [-0.1, -0.05) is 45.4 Å². The zero-order valence-corrected chi connectivity index (χ0v) is 12.7. The van der Waals surface area contributed by atoms with E-state index in [4.69, 9.17) is 16.7 Å². The zero-order chi connectivity index (χ0) is 15.3. The molecule has 20 heavy (non-hydrogen) atoms. The summed E-state index contributed by atoms with van der Waals surface area (Å²) in [6.07, 6.45) is 0. The first-order valence-electron chi connectivity index (χ1n) is 6.43. The van der Waals surface area contributed by atoms with Gasteiger partial charge in [0.05, 0.1) is 16.3 Å². The van der Waals surface area contributed by atoms with E-state index in [9.17, 15) is 9.59 Å². The minimum absolute atomic E-state index is 0.00196. The van der Waals surface area contributed by atoms with Crippen LogP contribution in [-0.4, -0.2) is 17.0 Å². The first kappa shape index (κ1) is 14.9. The molecule has 0 radical (unpaired) electrons. The molecule has 0 bridgehead atoms. The fourth-order valence-electron chi connectivity index (χ4n) is 2.88. The summed E-state index contributed by atoms with van der Waals surface area (Å²) in [4.78, 5) is 23.6. The van der Waals surface area contributed by atoms with E-state index in [1.54, 1.807) is 12.1 Å². The van der Waals surface area contributed by atoms with Crippen LogP contribution in [0.4, 0.5) is 5.69 Å². The van der Waals surface area contributed by atoms with E-state index >= 15 is 0 Å². The van der Waals surface area contributed by atoms with Gasteiger partial charge < -0.3 is 10.4 Å². The highest BCUT2D eigenvalue weighted by molar-refractivity contribution is 6.34. The number of carbonyl (C=O) groups excluding carboxylic acids is 1. The Hall–Kier alpha value is -1.55. The molecule has 1 aliphatic rings. The quantitative estimate of drug-likeness (QED) is 0.894. The van der Waals surface area contributed by atoms with Gasteiger partial charge in [-0.05, 0) is 23.0 Å². The molecular weight excluding hydrogens is 278 g/mol. The molecule has 0 unspecified atom stereocenters. The largest absolute Gasteiger partial charge is 0.478 e. The Morgan fingerprint density at radius 1 is 1.20 bits per heavy atom. The third kappa shape index (κ3) is 2.08. The second kappa shape index (κ2) is 4.48. The SMILES string of the molecule is CC1(C)C(C(=O)Nc2c(Cl)cccc2C(=O)O)C1(C)C. The highest BCUT2D eigenvalue weighted by Crippen LogP contribution is 2.68. The molecule has 1 aromatic carbocycles. The van der Waals surface area contributed by atoms with Crippen molar-refractivity contribution in [2.24, 2.45) is 16.7 Å². The first-order chi connectivity index (χ1) is 9.10. The highest BCUT2D eigenvalue weighted by atomic mass is 35.5. The summed E-state index contributed by atoms with van der Waals surface area (Å²) in [5.41, 5.74) is -0.0454. The smallest absolute Gasteiger partial charge is 0.337 e. The maximum absolute atomic E-state index is 12.4. The summed E-state index contributed by atoms with van der Waals surface area (Å²) in [5, 5.41) is 12.1. The van der Waals surface area contributed by atoms with Crippen molar-refractivity contribution in [2.75, 3.05) is 5.32 Å². The number of halogens is 1. The van der Waals surface area contributed by atoms with E-state index in [0.29, 0.717) is 0 Å². The van der Waals surface area contributed by atoms with Crippen molar-refractivity contribution in [1.29, 1.82) is 0 Å². The third-order valence-corrected chi connectivity index (χ3v) is 5.09. The molecular formula is C15H18ClNO3. The van der Waals surface area contributed by atoms with Gasteiger partial charge in [-0.2, -0.15) is 0 Å². The molecule has 4 nitrogen and oxygen atoms in total. The lowest BCUT2D eigenvalue weighted by Crippen LogP contribution is -2.19. The number of nitrogens with one attached hydrogen (secondary N) is 1. The molecule has 1 saturated carbocycles. The number of anilines is 1. The van der Waals surface area contributed by atoms with E-state index < -0.39 is 5.97 Å². The molecule has 108 valence electrons. The van der Waals surface area contributed by atoms with E-state index in [1.807, 2.05) is 27.7 Å². The number of hydrogen-bond acceptors (Lipinski definition) is 2. The molecule has 0 aromatic heterocycles. The van der Waals surface area contributed by atoms with Gasteiger partial charge in [0.2, 0.25) is 5.91 Å². The van der Waals surface area contributed by atoms with Crippen molar-refractivity contribution < 1.29 is 14.7 Å². The van der Waals surface area contributed by atoms with E-state index in [0.717, 1.165) is 0 Å². The first-order valence-corrected chi connectivity index (χ1v) is 6.81. The van der Waals surface area contributed by atoms with Crippen LogP contribution in [0.2, 0.25) is 5.02 Å². The van der Waals surface area contributed by atoms with Gasteiger partial charge in [-0.25, -0.2) is 4.79 Å². The molecule has 1 amide bonds. The third-order valence-electron chi connectivity index (χ3n) is 4.78. The van der Waals surface area contributed by atoms with Crippen molar-refractivity contribution in [3.8, 4) is 0 Å². The number of hydrogen-bond donors (Lipinski definition) is 2. The van der Waals surface area contributed by atoms with Crippen molar-refractivity contribution in [3.63, 3.8) is 0 Å².